The fraction of sp³-hybridized carbons (Fsp3) is 0.294. The highest BCUT2D eigenvalue weighted by Gasteiger charge is 2.24. The Labute approximate surface area is 155 Å². The lowest BCUT2D eigenvalue weighted by Gasteiger charge is -2.28. The van der Waals surface area contributed by atoms with Gasteiger partial charge in [-0.05, 0) is 35.1 Å². The first-order valence-electron chi connectivity index (χ1n) is 8.17. The topological polar surface area (TPSA) is 88.3 Å². The number of nitrogens with one attached hydrogen (secondary N) is 1. The second kappa shape index (κ2) is 6.82. The third-order valence-corrected chi connectivity index (χ3v) is 6.46. The van der Waals surface area contributed by atoms with Crippen molar-refractivity contribution in [3.63, 3.8) is 0 Å². The predicted octanol–water partition coefficient (Wildman–Crippen LogP) is 2.73. The lowest BCUT2D eigenvalue weighted by atomic mass is 9.99. The van der Waals surface area contributed by atoms with Crippen molar-refractivity contribution in [2.24, 2.45) is 0 Å². The van der Waals surface area contributed by atoms with Crippen LogP contribution in [-0.4, -0.2) is 35.7 Å². The first kappa shape index (κ1) is 17.2. The van der Waals surface area contributed by atoms with Gasteiger partial charge in [0.05, 0.1) is 17.7 Å². The van der Waals surface area contributed by atoms with Gasteiger partial charge < -0.3 is 9.84 Å². The number of sulfonamides is 1. The summed E-state index contributed by atoms with van der Waals surface area (Å²) in [6, 6.07) is 9.79. The van der Waals surface area contributed by atoms with E-state index in [4.69, 9.17) is 4.52 Å². The van der Waals surface area contributed by atoms with Gasteiger partial charge >= 0.3 is 0 Å². The minimum atomic E-state index is -3.17. The van der Waals surface area contributed by atoms with Crippen LogP contribution in [0.1, 0.15) is 17.0 Å². The molecule has 0 bridgehead atoms. The number of rotatable bonds is 5. The fourth-order valence-corrected chi connectivity index (χ4v) is 4.48. The van der Waals surface area contributed by atoms with E-state index in [1.54, 1.807) is 11.3 Å². The number of benzene rings is 1. The molecule has 0 saturated carbocycles. The van der Waals surface area contributed by atoms with E-state index in [-0.39, 0.29) is 0 Å². The summed E-state index contributed by atoms with van der Waals surface area (Å²) >= 11 is 1.57. The Morgan fingerprint density at radius 2 is 2.19 bits per heavy atom. The van der Waals surface area contributed by atoms with Gasteiger partial charge in [0.2, 0.25) is 21.7 Å². The van der Waals surface area contributed by atoms with E-state index in [0.717, 1.165) is 21.7 Å². The Bertz CT molecular complexity index is 1010. The van der Waals surface area contributed by atoms with Crippen LogP contribution in [-0.2, 0) is 29.5 Å². The molecule has 26 heavy (non-hydrogen) atoms. The number of thiophene rings is 1. The molecule has 7 nitrogen and oxygen atoms in total. The monoisotopic (exact) mass is 390 g/mol. The van der Waals surface area contributed by atoms with Crippen LogP contribution >= 0.6 is 11.3 Å². The second-order valence-electron chi connectivity index (χ2n) is 6.13. The zero-order chi connectivity index (χ0) is 18.1. The smallest absolute Gasteiger partial charge is 0.246 e. The summed E-state index contributed by atoms with van der Waals surface area (Å²) in [5.74, 6) is 1.11. The number of anilines is 1. The zero-order valence-corrected chi connectivity index (χ0v) is 15.8. The zero-order valence-electron chi connectivity index (χ0n) is 14.2. The molecule has 0 amide bonds. The lowest BCUT2D eigenvalue weighted by molar-refractivity contribution is 0.383. The molecule has 136 valence electrons. The molecule has 0 unspecified atom stereocenters. The maximum atomic E-state index is 11.8. The molecule has 1 aromatic carbocycles. The Morgan fingerprint density at radius 1 is 1.31 bits per heavy atom. The SMILES string of the molecule is CS(=O)(=O)N1CCc2c(cccc2NCc2nc(-c3cccs3)no2)C1. The quantitative estimate of drug-likeness (QED) is 0.721. The van der Waals surface area contributed by atoms with Crippen molar-refractivity contribution < 1.29 is 12.9 Å². The van der Waals surface area contributed by atoms with E-state index in [1.165, 1.54) is 10.6 Å². The van der Waals surface area contributed by atoms with Gasteiger partial charge in [0.15, 0.2) is 0 Å². The normalized spacial score (nSPS) is 15.0. The molecule has 9 heteroatoms. The van der Waals surface area contributed by atoms with Crippen molar-refractivity contribution in [2.45, 2.75) is 19.5 Å². The van der Waals surface area contributed by atoms with Crippen molar-refractivity contribution in [1.29, 1.82) is 0 Å². The van der Waals surface area contributed by atoms with Crippen molar-refractivity contribution in [3.8, 4) is 10.7 Å². The van der Waals surface area contributed by atoms with Gasteiger partial charge in [-0.2, -0.15) is 9.29 Å². The molecule has 0 spiro atoms. The first-order valence-corrected chi connectivity index (χ1v) is 10.9. The average Bonchev–Trinajstić information content (AvgIpc) is 3.30. The number of fused-ring (bicyclic) bond motifs is 1. The third-order valence-electron chi connectivity index (χ3n) is 4.34. The number of hydrogen-bond acceptors (Lipinski definition) is 7. The van der Waals surface area contributed by atoms with Gasteiger partial charge in [-0.1, -0.05) is 23.4 Å². The van der Waals surface area contributed by atoms with Crippen LogP contribution in [0.4, 0.5) is 5.69 Å². The van der Waals surface area contributed by atoms with E-state index in [9.17, 15) is 8.42 Å². The second-order valence-corrected chi connectivity index (χ2v) is 9.06. The Kier molecular flexibility index (Phi) is 4.51. The van der Waals surface area contributed by atoms with Crippen LogP contribution in [0.2, 0.25) is 0 Å². The Hall–Kier alpha value is -2.23. The summed E-state index contributed by atoms with van der Waals surface area (Å²) in [6.07, 6.45) is 1.93. The van der Waals surface area contributed by atoms with Crippen molar-refractivity contribution in [1.82, 2.24) is 14.4 Å². The molecule has 1 aliphatic rings. The molecule has 1 aliphatic heterocycles. The molecule has 4 rings (SSSR count). The molecule has 2 aromatic heterocycles. The maximum absolute atomic E-state index is 11.8. The van der Waals surface area contributed by atoms with Gasteiger partial charge in [-0.15, -0.1) is 11.3 Å². The predicted molar refractivity (Wildman–Crippen MR) is 100 cm³/mol. The highest BCUT2D eigenvalue weighted by molar-refractivity contribution is 7.88. The standard InChI is InChI=1S/C17H18N4O3S2/c1-26(22,23)21-8-7-13-12(11-21)4-2-5-14(13)18-10-16-19-17(20-24-16)15-6-3-9-25-15/h2-6,9,18H,7-8,10-11H2,1H3. The summed E-state index contributed by atoms with van der Waals surface area (Å²) < 4.78 is 30.4. The van der Waals surface area contributed by atoms with Gasteiger partial charge in [0.25, 0.3) is 0 Å². The molecular formula is C17H18N4O3S2. The summed E-state index contributed by atoms with van der Waals surface area (Å²) in [5, 5.41) is 9.32. The summed E-state index contributed by atoms with van der Waals surface area (Å²) in [4.78, 5) is 5.38. The van der Waals surface area contributed by atoms with Crippen LogP contribution < -0.4 is 5.32 Å². The maximum Gasteiger partial charge on any atom is 0.246 e. The van der Waals surface area contributed by atoms with Crippen molar-refractivity contribution in [2.75, 3.05) is 18.1 Å². The molecule has 3 heterocycles. The molecule has 1 N–H and O–H groups in total. The van der Waals surface area contributed by atoms with E-state index in [2.05, 4.69) is 15.5 Å². The first-order chi connectivity index (χ1) is 12.5. The summed E-state index contributed by atoms with van der Waals surface area (Å²) in [6.45, 7) is 1.32. The lowest BCUT2D eigenvalue weighted by Crippen LogP contribution is -2.35. The third kappa shape index (κ3) is 3.50. The van der Waals surface area contributed by atoms with Crippen molar-refractivity contribution in [3.05, 3.63) is 52.7 Å². The molecular weight excluding hydrogens is 372 g/mol. The minimum absolute atomic E-state index is 0.409. The molecule has 0 saturated heterocycles. The van der Waals surface area contributed by atoms with Crippen LogP contribution in [0.3, 0.4) is 0 Å². The Balaban J connectivity index is 1.48. The minimum Gasteiger partial charge on any atom is -0.376 e. The van der Waals surface area contributed by atoms with Crippen LogP contribution in [0.15, 0.2) is 40.2 Å². The molecule has 0 radical (unpaired) electrons. The van der Waals surface area contributed by atoms with E-state index in [0.29, 0.717) is 37.8 Å². The van der Waals surface area contributed by atoms with Gasteiger partial charge in [0.1, 0.15) is 0 Å². The van der Waals surface area contributed by atoms with Crippen LogP contribution in [0.5, 0.6) is 0 Å². The number of hydrogen-bond donors (Lipinski definition) is 1. The average molecular weight is 390 g/mol. The fourth-order valence-electron chi connectivity index (χ4n) is 3.04. The van der Waals surface area contributed by atoms with Gasteiger partial charge in [0, 0.05) is 18.8 Å². The number of aromatic nitrogens is 2. The summed E-state index contributed by atoms with van der Waals surface area (Å²) in [7, 11) is -3.17. The molecule has 0 fully saturated rings. The molecule has 0 aliphatic carbocycles. The van der Waals surface area contributed by atoms with Crippen molar-refractivity contribution >= 4 is 27.0 Å². The van der Waals surface area contributed by atoms with E-state index >= 15 is 0 Å². The van der Waals surface area contributed by atoms with Crippen LogP contribution in [0, 0.1) is 0 Å². The highest BCUT2D eigenvalue weighted by Crippen LogP contribution is 2.28. The largest absolute Gasteiger partial charge is 0.376 e. The molecule has 3 aromatic rings. The van der Waals surface area contributed by atoms with E-state index < -0.39 is 10.0 Å². The highest BCUT2D eigenvalue weighted by atomic mass is 32.2. The summed E-state index contributed by atoms with van der Waals surface area (Å²) in [5.41, 5.74) is 3.15. The van der Waals surface area contributed by atoms with Gasteiger partial charge in [-0.25, -0.2) is 8.42 Å². The number of nitrogens with zero attached hydrogens (tertiary/aromatic N) is 3. The Morgan fingerprint density at radius 3 is 2.96 bits per heavy atom. The van der Waals surface area contributed by atoms with Crippen LogP contribution in [0.25, 0.3) is 10.7 Å². The molecule has 0 atom stereocenters. The van der Waals surface area contributed by atoms with E-state index in [1.807, 2.05) is 35.7 Å². The van der Waals surface area contributed by atoms with Gasteiger partial charge in [-0.3, -0.25) is 0 Å².